The van der Waals surface area contributed by atoms with Gasteiger partial charge in [0.05, 0.1) is 12.0 Å². The Morgan fingerprint density at radius 2 is 1.82 bits per heavy atom. The highest BCUT2D eigenvalue weighted by molar-refractivity contribution is 5.89. The fourth-order valence-corrected chi connectivity index (χ4v) is 5.54. The number of aliphatic carboxylic acids is 1. The molecule has 4 nitrogen and oxygen atoms in total. The van der Waals surface area contributed by atoms with E-state index >= 15 is 0 Å². The topological polar surface area (TPSA) is 58.6 Å². The predicted molar refractivity (Wildman–Crippen MR) is 126 cm³/mol. The Labute approximate surface area is 198 Å². The minimum atomic E-state index is -4.52. The van der Waals surface area contributed by atoms with Crippen molar-refractivity contribution in [1.29, 1.82) is 0 Å². The minimum absolute atomic E-state index is 0.0269. The molecule has 0 bridgehead atoms. The monoisotopic (exact) mass is 477 g/mol. The first-order valence-corrected chi connectivity index (χ1v) is 12.2. The lowest BCUT2D eigenvalue weighted by molar-refractivity contribution is -0.155. The Balaban J connectivity index is 1.57. The molecule has 186 valence electrons. The molecule has 7 heteroatoms. The number of rotatable bonds is 6. The first-order valence-electron chi connectivity index (χ1n) is 12.2. The molecule has 0 saturated heterocycles. The molecule has 0 amide bonds. The molecule has 2 fully saturated rings. The number of fused-ring (bicyclic) bond motifs is 1. The van der Waals surface area contributed by atoms with E-state index < -0.39 is 23.6 Å². The van der Waals surface area contributed by atoms with E-state index in [4.69, 9.17) is 4.74 Å². The number of hydrogen-bond donors (Lipinski definition) is 2. The Kier molecular flexibility index (Phi) is 6.62. The van der Waals surface area contributed by atoms with Gasteiger partial charge >= 0.3 is 12.1 Å². The summed E-state index contributed by atoms with van der Waals surface area (Å²) in [5.74, 6) is -0.682. The first kappa shape index (κ1) is 24.8. The van der Waals surface area contributed by atoms with Crippen molar-refractivity contribution in [2.75, 3.05) is 0 Å². The van der Waals surface area contributed by atoms with Crippen LogP contribution in [-0.2, 0) is 11.0 Å². The van der Waals surface area contributed by atoms with Gasteiger partial charge in [-0.1, -0.05) is 39.0 Å². The molecule has 0 aliphatic heterocycles. The molecule has 2 aliphatic carbocycles. The number of carbonyl (C=O) groups is 1. The third kappa shape index (κ3) is 4.77. The summed E-state index contributed by atoms with van der Waals surface area (Å²) in [5, 5.41) is 13.5. The number of ether oxygens (including phenoxy) is 1. The summed E-state index contributed by atoms with van der Waals surface area (Å²) in [4.78, 5) is 11.4. The molecule has 34 heavy (non-hydrogen) atoms. The van der Waals surface area contributed by atoms with E-state index in [-0.39, 0.29) is 34.7 Å². The van der Waals surface area contributed by atoms with E-state index in [1.165, 1.54) is 12.1 Å². The number of carboxylic acids is 1. The third-order valence-electron chi connectivity index (χ3n) is 8.06. The van der Waals surface area contributed by atoms with E-state index in [1.807, 2.05) is 20.8 Å². The van der Waals surface area contributed by atoms with E-state index in [1.54, 1.807) is 18.2 Å². The van der Waals surface area contributed by atoms with Crippen molar-refractivity contribution >= 4 is 16.7 Å². The Bertz CT molecular complexity index is 1060. The molecule has 0 radical (unpaired) electrons. The van der Waals surface area contributed by atoms with Crippen LogP contribution in [0.3, 0.4) is 0 Å². The molecule has 2 N–H and O–H groups in total. The van der Waals surface area contributed by atoms with Gasteiger partial charge in [-0.2, -0.15) is 13.2 Å². The number of nitrogens with one attached hydrogen (secondary N) is 1. The number of alkyl halides is 3. The normalized spacial score (nSPS) is 27.7. The van der Waals surface area contributed by atoms with Gasteiger partial charge in [-0.25, -0.2) is 0 Å². The van der Waals surface area contributed by atoms with E-state index in [0.29, 0.717) is 17.7 Å². The quantitative estimate of drug-likeness (QED) is 0.472. The van der Waals surface area contributed by atoms with Gasteiger partial charge < -0.3 is 15.2 Å². The molecule has 3 unspecified atom stereocenters. The van der Waals surface area contributed by atoms with Crippen LogP contribution in [0.5, 0.6) is 5.75 Å². The maximum Gasteiger partial charge on any atom is 0.420 e. The van der Waals surface area contributed by atoms with Crippen molar-refractivity contribution < 1.29 is 27.8 Å². The lowest BCUT2D eigenvalue weighted by Gasteiger charge is -2.51. The number of carboxylic acid groups (broad SMARTS) is 1. The lowest BCUT2D eigenvalue weighted by Crippen LogP contribution is -2.59. The van der Waals surface area contributed by atoms with Gasteiger partial charge in [0.25, 0.3) is 0 Å². The van der Waals surface area contributed by atoms with Gasteiger partial charge in [0, 0.05) is 12.1 Å². The zero-order chi connectivity index (χ0) is 24.8. The number of halogens is 3. The van der Waals surface area contributed by atoms with Crippen LogP contribution in [0.1, 0.15) is 77.0 Å². The molecule has 4 rings (SSSR count). The third-order valence-corrected chi connectivity index (χ3v) is 8.06. The summed E-state index contributed by atoms with van der Waals surface area (Å²) in [6.07, 6.45) is -0.669. The van der Waals surface area contributed by atoms with Gasteiger partial charge in [-0.15, -0.1) is 0 Å². The van der Waals surface area contributed by atoms with Crippen LogP contribution in [0.2, 0.25) is 0 Å². The molecular formula is C27H34F3NO3. The fraction of sp³-hybridized carbons (Fsp3) is 0.593. The lowest BCUT2D eigenvalue weighted by atomic mass is 9.58. The van der Waals surface area contributed by atoms with Crippen molar-refractivity contribution in [1.82, 2.24) is 5.32 Å². The molecule has 0 aromatic heterocycles. The molecule has 0 spiro atoms. The summed E-state index contributed by atoms with van der Waals surface area (Å²) in [6, 6.07) is 8.10. The maximum atomic E-state index is 14.1. The molecular weight excluding hydrogens is 443 g/mol. The minimum Gasteiger partial charge on any atom is -0.490 e. The van der Waals surface area contributed by atoms with Crippen LogP contribution in [0, 0.1) is 17.3 Å². The summed E-state index contributed by atoms with van der Waals surface area (Å²) < 4.78 is 48.3. The van der Waals surface area contributed by atoms with Crippen molar-refractivity contribution in [2.24, 2.45) is 17.3 Å². The maximum absolute atomic E-state index is 14.1. The van der Waals surface area contributed by atoms with Crippen LogP contribution in [-0.4, -0.2) is 23.2 Å². The molecule has 3 atom stereocenters. The summed E-state index contributed by atoms with van der Waals surface area (Å²) in [5.41, 5.74) is -0.228. The summed E-state index contributed by atoms with van der Waals surface area (Å²) in [6.45, 7) is 7.99. The highest BCUT2D eigenvalue weighted by Gasteiger charge is 2.52. The van der Waals surface area contributed by atoms with Gasteiger partial charge in [0.2, 0.25) is 0 Å². The fourth-order valence-electron chi connectivity index (χ4n) is 5.54. The van der Waals surface area contributed by atoms with E-state index in [2.05, 4.69) is 12.2 Å². The Morgan fingerprint density at radius 3 is 2.41 bits per heavy atom. The molecule has 0 heterocycles. The molecule has 2 aliphatic rings. The average molecular weight is 478 g/mol. The van der Waals surface area contributed by atoms with Crippen LogP contribution < -0.4 is 10.1 Å². The molecule has 2 aromatic carbocycles. The second-order valence-electron chi connectivity index (χ2n) is 10.8. The second kappa shape index (κ2) is 9.06. The molecule has 2 aromatic rings. The molecule has 2 saturated carbocycles. The highest BCUT2D eigenvalue weighted by atomic mass is 19.4. The van der Waals surface area contributed by atoms with Gasteiger partial charge in [0.1, 0.15) is 11.3 Å². The zero-order valence-corrected chi connectivity index (χ0v) is 20.2. The summed E-state index contributed by atoms with van der Waals surface area (Å²) in [7, 11) is 0. The predicted octanol–water partition coefficient (Wildman–Crippen LogP) is 6.97. The number of benzene rings is 2. The number of hydrogen-bond acceptors (Lipinski definition) is 3. The second-order valence-corrected chi connectivity index (χ2v) is 10.8. The van der Waals surface area contributed by atoms with Crippen LogP contribution in [0.15, 0.2) is 30.3 Å². The van der Waals surface area contributed by atoms with Crippen molar-refractivity contribution in [3.8, 4) is 5.75 Å². The smallest absolute Gasteiger partial charge is 0.420 e. The Hall–Kier alpha value is -2.28. The van der Waals surface area contributed by atoms with E-state index in [0.717, 1.165) is 31.2 Å². The SMILES string of the molecule is CC1CCC(Oc2ccc3cc(C(C)NC4CC(C(=O)O)C4(C)C)ccc3c2C(F)(F)F)CC1. The van der Waals surface area contributed by atoms with Gasteiger partial charge in [0.15, 0.2) is 0 Å². The van der Waals surface area contributed by atoms with Crippen molar-refractivity contribution in [2.45, 2.75) is 84.2 Å². The highest BCUT2D eigenvalue weighted by Crippen LogP contribution is 2.47. The van der Waals surface area contributed by atoms with Crippen molar-refractivity contribution in [3.05, 3.63) is 41.5 Å². The van der Waals surface area contributed by atoms with Crippen LogP contribution in [0.4, 0.5) is 13.2 Å². The van der Waals surface area contributed by atoms with Crippen molar-refractivity contribution in [3.63, 3.8) is 0 Å². The first-order chi connectivity index (χ1) is 15.9. The van der Waals surface area contributed by atoms with Gasteiger partial charge in [-0.05, 0) is 78.8 Å². The van der Waals surface area contributed by atoms with Crippen LogP contribution >= 0.6 is 0 Å². The largest absolute Gasteiger partial charge is 0.490 e. The van der Waals surface area contributed by atoms with Crippen LogP contribution in [0.25, 0.3) is 10.8 Å². The van der Waals surface area contributed by atoms with E-state index in [9.17, 15) is 23.1 Å². The van der Waals surface area contributed by atoms with Gasteiger partial charge in [-0.3, -0.25) is 4.79 Å². The average Bonchev–Trinajstić information content (AvgIpc) is 2.76. The Morgan fingerprint density at radius 1 is 1.15 bits per heavy atom. The standard InChI is InChI=1S/C27H34F3NO3/c1-15-5-9-19(10-6-15)34-22-12-8-18-13-17(7-11-20(18)24(22)27(28,29)30)16(2)31-23-14-21(25(32)33)26(23,3)4/h7-8,11-13,15-16,19,21,23,31H,5-6,9-10,14H2,1-4H3,(H,32,33). The zero-order valence-electron chi connectivity index (χ0n) is 20.2. The summed E-state index contributed by atoms with van der Waals surface area (Å²) >= 11 is 0.